The van der Waals surface area contributed by atoms with E-state index in [1.807, 2.05) is 72.8 Å². The molecule has 0 aliphatic carbocycles. The zero-order chi connectivity index (χ0) is 17.6. The van der Waals surface area contributed by atoms with E-state index in [0.717, 1.165) is 28.1 Å². The summed E-state index contributed by atoms with van der Waals surface area (Å²) in [7, 11) is 1.37. The summed E-state index contributed by atoms with van der Waals surface area (Å²) in [4.78, 5) is 16.4. The molecule has 2 N–H and O–H groups in total. The van der Waals surface area contributed by atoms with Crippen LogP contribution in [0.4, 0.5) is 0 Å². The fourth-order valence-electron chi connectivity index (χ4n) is 2.66. The number of hydrogen-bond donors (Lipinski definition) is 1. The number of benzene rings is 2. The molecule has 1 heterocycles. The highest BCUT2D eigenvalue weighted by Crippen LogP contribution is 2.27. The Bertz CT molecular complexity index is 791. The van der Waals surface area contributed by atoms with Crippen molar-refractivity contribution in [2.24, 2.45) is 5.73 Å². The SMILES string of the molecule is COC(=O)C[C@H](N)c1cc(-c2ccccc2)nc(-c2ccccc2)c1. The van der Waals surface area contributed by atoms with E-state index in [1.165, 1.54) is 7.11 Å². The van der Waals surface area contributed by atoms with Crippen molar-refractivity contribution in [1.82, 2.24) is 4.98 Å². The molecule has 0 spiro atoms. The van der Waals surface area contributed by atoms with Gasteiger partial charge < -0.3 is 10.5 Å². The maximum Gasteiger partial charge on any atom is 0.307 e. The molecule has 1 aromatic heterocycles. The third kappa shape index (κ3) is 4.11. The Labute approximate surface area is 147 Å². The second-order valence-electron chi connectivity index (χ2n) is 5.79. The van der Waals surface area contributed by atoms with Crippen LogP contribution < -0.4 is 5.73 Å². The minimum absolute atomic E-state index is 0.128. The Hall–Kier alpha value is -2.98. The molecule has 25 heavy (non-hydrogen) atoms. The predicted molar refractivity (Wildman–Crippen MR) is 98.7 cm³/mol. The van der Waals surface area contributed by atoms with Gasteiger partial charge in [0.25, 0.3) is 0 Å². The quantitative estimate of drug-likeness (QED) is 0.718. The summed E-state index contributed by atoms with van der Waals surface area (Å²) < 4.78 is 4.74. The van der Waals surface area contributed by atoms with Crippen molar-refractivity contribution in [3.05, 3.63) is 78.4 Å². The summed E-state index contributed by atoms with van der Waals surface area (Å²) in [5, 5.41) is 0. The van der Waals surface area contributed by atoms with Crippen molar-refractivity contribution in [2.75, 3.05) is 7.11 Å². The first kappa shape index (κ1) is 16.9. The number of hydrogen-bond acceptors (Lipinski definition) is 4. The molecule has 4 nitrogen and oxygen atoms in total. The van der Waals surface area contributed by atoms with Gasteiger partial charge in [-0.25, -0.2) is 4.98 Å². The predicted octanol–water partition coefficient (Wildman–Crippen LogP) is 3.98. The van der Waals surface area contributed by atoms with Crippen molar-refractivity contribution in [3.63, 3.8) is 0 Å². The van der Waals surface area contributed by atoms with Crippen LogP contribution in [0.1, 0.15) is 18.0 Å². The number of carbonyl (C=O) groups excluding carboxylic acids is 1. The number of aromatic nitrogens is 1. The average molecular weight is 332 g/mol. The molecule has 3 aromatic rings. The van der Waals surface area contributed by atoms with Crippen molar-refractivity contribution in [2.45, 2.75) is 12.5 Å². The Balaban J connectivity index is 2.07. The summed E-state index contributed by atoms with van der Waals surface area (Å²) in [6, 6.07) is 23.3. The number of nitrogens with two attached hydrogens (primary N) is 1. The van der Waals surface area contributed by atoms with Gasteiger partial charge in [-0.1, -0.05) is 60.7 Å². The molecule has 0 unspecified atom stereocenters. The highest BCUT2D eigenvalue weighted by Gasteiger charge is 2.15. The van der Waals surface area contributed by atoms with Crippen molar-refractivity contribution >= 4 is 5.97 Å². The molecule has 0 bridgehead atoms. The van der Waals surface area contributed by atoms with Crippen LogP contribution in [0.15, 0.2) is 72.8 Å². The fraction of sp³-hybridized carbons (Fsp3) is 0.143. The molecule has 0 aliphatic rings. The number of methoxy groups -OCH3 is 1. The Morgan fingerprint density at radius 1 is 0.960 bits per heavy atom. The fourth-order valence-corrected chi connectivity index (χ4v) is 2.66. The van der Waals surface area contributed by atoms with Crippen molar-refractivity contribution < 1.29 is 9.53 Å². The first-order chi connectivity index (χ1) is 12.2. The maximum atomic E-state index is 11.6. The summed E-state index contributed by atoms with van der Waals surface area (Å²) in [6.45, 7) is 0. The van der Waals surface area contributed by atoms with Crippen LogP contribution in [0.3, 0.4) is 0 Å². The lowest BCUT2D eigenvalue weighted by Crippen LogP contribution is -2.16. The van der Waals surface area contributed by atoms with Crippen LogP contribution in [-0.2, 0) is 9.53 Å². The minimum Gasteiger partial charge on any atom is -0.469 e. The van der Waals surface area contributed by atoms with Gasteiger partial charge in [0.1, 0.15) is 0 Å². The topological polar surface area (TPSA) is 65.2 Å². The Morgan fingerprint density at radius 2 is 1.44 bits per heavy atom. The molecule has 3 rings (SSSR count). The van der Waals surface area contributed by atoms with Crippen LogP contribution in [0.25, 0.3) is 22.5 Å². The minimum atomic E-state index is -0.444. The summed E-state index contributed by atoms with van der Waals surface area (Å²) in [6.07, 6.45) is 0.128. The van der Waals surface area contributed by atoms with Gasteiger partial charge in [0.2, 0.25) is 0 Å². The summed E-state index contributed by atoms with van der Waals surface area (Å²) >= 11 is 0. The third-order valence-corrected chi connectivity index (χ3v) is 4.03. The van der Waals surface area contributed by atoms with Gasteiger partial charge in [-0.05, 0) is 17.7 Å². The molecular formula is C21H20N2O2. The Kier molecular flexibility index (Phi) is 5.21. The number of rotatable bonds is 5. The van der Waals surface area contributed by atoms with E-state index in [-0.39, 0.29) is 12.4 Å². The van der Waals surface area contributed by atoms with Gasteiger partial charge in [0.05, 0.1) is 24.9 Å². The van der Waals surface area contributed by atoms with Crippen LogP contribution in [0.5, 0.6) is 0 Å². The third-order valence-electron chi connectivity index (χ3n) is 4.03. The van der Waals surface area contributed by atoms with Crippen LogP contribution in [0, 0.1) is 0 Å². The van der Waals surface area contributed by atoms with E-state index < -0.39 is 6.04 Å². The van der Waals surface area contributed by atoms with Gasteiger partial charge in [-0.2, -0.15) is 0 Å². The number of ether oxygens (including phenoxy) is 1. The lowest BCUT2D eigenvalue weighted by molar-refractivity contribution is -0.141. The smallest absolute Gasteiger partial charge is 0.307 e. The zero-order valence-corrected chi connectivity index (χ0v) is 14.1. The standard InChI is InChI=1S/C21H20N2O2/c1-25-21(24)14-18(22)17-12-19(15-8-4-2-5-9-15)23-20(13-17)16-10-6-3-7-11-16/h2-13,18H,14,22H2,1H3/t18-/m0/s1. The van der Waals surface area contributed by atoms with E-state index in [9.17, 15) is 4.79 Å². The van der Waals surface area contributed by atoms with Gasteiger partial charge in [-0.15, -0.1) is 0 Å². The number of esters is 1. The van der Waals surface area contributed by atoms with E-state index in [2.05, 4.69) is 0 Å². The van der Waals surface area contributed by atoms with Gasteiger partial charge in [0.15, 0.2) is 0 Å². The van der Waals surface area contributed by atoms with Crippen molar-refractivity contribution in [3.8, 4) is 22.5 Å². The van der Waals surface area contributed by atoms with Gasteiger partial charge >= 0.3 is 5.97 Å². The lowest BCUT2D eigenvalue weighted by atomic mass is 9.99. The molecule has 2 aromatic carbocycles. The molecule has 0 fully saturated rings. The average Bonchev–Trinajstić information content (AvgIpc) is 2.68. The first-order valence-electron chi connectivity index (χ1n) is 8.12. The van der Waals surface area contributed by atoms with E-state index in [0.29, 0.717) is 0 Å². The zero-order valence-electron chi connectivity index (χ0n) is 14.1. The second kappa shape index (κ2) is 7.73. The number of carbonyl (C=O) groups is 1. The monoisotopic (exact) mass is 332 g/mol. The summed E-state index contributed by atoms with van der Waals surface area (Å²) in [5.74, 6) is -0.327. The Morgan fingerprint density at radius 3 is 1.88 bits per heavy atom. The van der Waals surface area contributed by atoms with E-state index in [1.54, 1.807) is 0 Å². The molecule has 0 saturated carbocycles. The molecule has 0 saturated heterocycles. The normalized spacial score (nSPS) is 11.8. The second-order valence-corrected chi connectivity index (χ2v) is 5.79. The van der Waals surface area contributed by atoms with Gasteiger partial charge in [-0.3, -0.25) is 4.79 Å². The number of pyridine rings is 1. The number of nitrogens with zero attached hydrogens (tertiary/aromatic N) is 1. The molecule has 0 amide bonds. The molecule has 1 atom stereocenters. The maximum absolute atomic E-state index is 11.6. The molecule has 4 heteroatoms. The van der Waals surface area contributed by atoms with Crippen LogP contribution in [0.2, 0.25) is 0 Å². The largest absolute Gasteiger partial charge is 0.469 e. The van der Waals surface area contributed by atoms with Gasteiger partial charge in [0, 0.05) is 17.2 Å². The summed E-state index contributed by atoms with van der Waals surface area (Å²) in [5.41, 5.74) is 10.8. The molecule has 0 aliphatic heterocycles. The molecule has 126 valence electrons. The van der Waals surface area contributed by atoms with E-state index in [4.69, 9.17) is 15.5 Å². The van der Waals surface area contributed by atoms with Crippen LogP contribution >= 0.6 is 0 Å². The lowest BCUT2D eigenvalue weighted by Gasteiger charge is -2.14. The highest BCUT2D eigenvalue weighted by atomic mass is 16.5. The molecule has 0 radical (unpaired) electrons. The first-order valence-corrected chi connectivity index (χ1v) is 8.12. The van der Waals surface area contributed by atoms with Crippen LogP contribution in [-0.4, -0.2) is 18.1 Å². The van der Waals surface area contributed by atoms with E-state index >= 15 is 0 Å². The highest BCUT2D eigenvalue weighted by molar-refractivity contribution is 5.71. The van der Waals surface area contributed by atoms with Crippen molar-refractivity contribution in [1.29, 1.82) is 0 Å². The molecular weight excluding hydrogens is 312 g/mol.